The fraction of sp³-hybridized carbons (Fsp3) is 0.773. The van der Waals surface area contributed by atoms with E-state index in [0.29, 0.717) is 18.4 Å². The van der Waals surface area contributed by atoms with Crippen LogP contribution < -0.4 is 0 Å². The summed E-state index contributed by atoms with van der Waals surface area (Å²) in [5.74, 6) is -0.387. The third-order valence-corrected chi connectivity index (χ3v) is 12.7. The van der Waals surface area contributed by atoms with Crippen LogP contribution in [0.5, 0.6) is 0 Å². The van der Waals surface area contributed by atoms with Crippen LogP contribution in [0, 0.1) is 0 Å². The Morgan fingerprint density at radius 2 is 1.10 bits per heavy atom. The highest BCUT2D eigenvalue weighted by molar-refractivity contribution is 6.87. The Hall–Kier alpha value is -0.559. The number of carbonyl (C=O) groups is 1. The van der Waals surface area contributed by atoms with Crippen LogP contribution >= 0.6 is 0 Å². The lowest BCUT2D eigenvalue weighted by Gasteiger charge is -2.37. The van der Waals surface area contributed by atoms with Gasteiger partial charge >= 0.3 is 14.5 Å². The summed E-state index contributed by atoms with van der Waals surface area (Å²) in [5, 5.41) is 0. The van der Waals surface area contributed by atoms with Gasteiger partial charge in [-0.1, -0.05) is 63.3 Å². The number of rotatable bonds is 12. The molecule has 0 N–H and O–H groups in total. The maximum Gasteiger partial charge on any atom is 0.332 e. The van der Waals surface area contributed by atoms with Crippen molar-refractivity contribution >= 4 is 31.2 Å². The number of carbonyl (C=O) groups excluding carboxylic acids is 1. The second-order valence-electron chi connectivity index (χ2n) is 7.96. The Labute approximate surface area is 199 Å². The van der Waals surface area contributed by atoms with Crippen molar-refractivity contribution < 1.29 is 27.5 Å². The van der Waals surface area contributed by atoms with Gasteiger partial charge in [0.25, 0.3) is 0 Å². The van der Waals surface area contributed by atoms with Gasteiger partial charge < -0.3 is 13.0 Å². The summed E-state index contributed by atoms with van der Waals surface area (Å²) in [7, 11) is -6.72. The Kier molecular flexibility index (Phi) is 31.1. The van der Waals surface area contributed by atoms with E-state index in [0.717, 1.165) is 5.57 Å². The fourth-order valence-electron chi connectivity index (χ4n) is 2.10. The summed E-state index contributed by atoms with van der Waals surface area (Å²) in [5.41, 5.74) is 1.29. The lowest BCUT2D eigenvalue weighted by molar-refractivity contribution is -0.276. The summed E-state index contributed by atoms with van der Waals surface area (Å²) in [6, 6.07) is 0. The molecule has 0 rings (SSSR count). The van der Waals surface area contributed by atoms with E-state index in [4.69, 9.17) is 22.7 Å². The topological polar surface area (TPSA) is 63.2 Å². The second-order valence-corrected chi connectivity index (χ2v) is 20.0. The zero-order valence-electron chi connectivity index (χ0n) is 17.0. The first-order chi connectivity index (χ1) is 11.2. The molecule has 0 aromatic heterocycles. The van der Waals surface area contributed by atoms with Crippen LogP contribution in [0.2, 0.25) is 39.3 Å². The van der Waals surface area contributed by atoms with Gasteiger partial charge in [0.05, 0.1) is 6.23 Å². The molecule has 0 fully saturated rings. The van der Waals surface area contributed by atoms with Gasteiger partial charge in [-0.3, -0.25) is 0 Å². The van der Waals surface area contributed by atoms with E-state index in [1.165, 1.54) is 0 Å². The average Bonchev–Trinajstić information content (AvgIpc) is 2.38. The molecular weight excluding hydrogens is 444 g/mol. The van der Waals surface area contributed by atoms with E-state index < -0.39 is 25.2 Å². The summed E-state index contributed by atoms with van der Waals surface area (Å²) in [6.07, 6.45) is 0.686. The molecule has 0 heterocycles. The SMILES string of the molecule is C.C.C.C.C.C.C=C(C)COOC[Si](C)(C)O[Si](C)(C)O[Si](C)(C)COC(=O)C(=C)C. The molecule has 0 saturated heterocycles. The highest BCUT2D eigenvalue weighted by Gasteiger charge is 2.40. The maximum atomic E-state index is 11.6. The highest BCUT2D eigenvalue weighted by atomic mass is 28.5. The van der Waals surface area contributed by atoms with Gasteiger partial charge in [-0.15, -0.1) is 0 Å². The lowest BCUT2D eigenvalue weighted by Crippen LogP contribution is -2.55. The first-order valence-electron chi connectivity index (χ1n) is 8.28. The number of hydrogen-bond donors (Lipinski definition) is 0. The molecule has 0 bridgehead atoms. The normalized spacial score (nSPS) is 10.3. The van der Waals surface area contributed by atoms with Crippen LogP contribution in [0.4, 0.5) is 0 Å². The molecule has 0 amide bonds. The van der Waals surface area contributed by atoms with E-state index in [-0.39, 0.29) is 56.8 Å². The van der Waals surface area contributed by atoms with Gasteiger partial charge in [0.2, 0.25) is 16.6 Å². The van der Waals surface area contributed by atoms with Crippen LogP contribution in [0.1, 0.15) is 58.4 Å². The van der Waals surface area contributed by atoms with Crippen LogP contribution in [-0.4, -0.2) is 50.2 Å². The Morgan fingerprint density at radius 3 is 1.45 bits per heavy atom. The summed E-state index contributed by atoms with van der Waals surface area (Å²) in [4.78, 5) is 21.9. The van der Waals surface area contributed by atoms with Gasteiger partial charge in [0, 0.05) is 5.57 Å². The van der Waals surface area contributed by atoms with Gasteiger partial charge in [-0.05, 0) is 53.1 Å². The molecule has 0 aliphatic heterocycles. The highest BCUT2D eigenvalue weighted by Crippen LogP contribution is 2.21. The quantitative estimate of drug-likeness (QED) is 0.0519. The van der Waals surface area contributed by atoms with Gasteiger partial charge in [-0.25, -0.2) is 14.6 Å². The van der Waals surface area contributed by atoms with Crippen LogP contribution in [0.3, 0.4) is 0 Å². The van der Waals surface area contributed by atoms with Gasteiger partial charge in [-0.2, -0.15) is 0 Å². The predicted octanol–water partition coefficient (Wildman–Crippen LogP) is 7.67. The van der Waals surface area contributed by atoms with E-state index in [2.05, 4.69) is 26.3 Å². The Bertz CT molecular complexity index is 492. The maximum absolute atomic E-state index is 11.6. The van der Waals surface area contributed by atoms with Crippen LogP contribution in [0.25, 0.3) is 0 Å². The first-order valence-corrected chi connectivity index (χ1v) is 17.3. The minimum absolute atomic E-state index is 0. The molecule has 0 unspecified atom stereocenters. The van der Waals surface area contributed by atoms with E-state index in [1.54, 1.807) is 6.92 Å². The molecule has 194 valence electrons. The summed E-state index contributed by atoms with van der Waals surface area (Å²) in [6.45, 7) is 23.4. The lowest BCUT2D eigenvalue weighted by atomic mass is 10.4. The zero-order chi connectivity index (χ0) is 19.9. The van der Waals surface area contributed by atoms with Crippen molar-refractivity contribution in [3.63, 3.8) is 0 Å². The number of esters is 1. The molecule has 0 atom stereocenters. The van der Waals surface area contributed by atoms with Crippen molar-refractivity contribution in [3.8, 4) is 0 Å². The predicted molar refractivity (Wildman–Crippen MR) is 147 cm³/mol. The minimum atomic E-state index is -2.40. The third kappa shape index (κ3) is 25.6. The van der Waals surface area contributed by atoms with Crippen molar-refractivity contribution in [3.05, 3.63) is 24.3 Å². The standard InChI is InChI=1S/C16H34O6Si3.6CH4/c1-14(2)11-19-20-13-24(7,8)22-25(9,10)21-23(5,6)12-18-16(17)15(3)4;;;;;;/h1,3,11-13H2,2,4-10H3;6*1H4. The molecule has 0 aliphatic rings. The molecule has 31 heavy (non-hydrogen) atoms. The average molecular weight is 503 g/mol. The van der Waals surface area contributed by atoms with Crippen LogP contribution in [-0.2, 0) is 27.5 Å². The molecule has 0 aromatic carbocycles. The van der Waals surface area contributed by atoms with Crippen LogP contribution in [0.15, 0.2) is 24.3 Å². The third-order valence-electron chi connectivity index (χ3n) is 2.74. The van der Waals surface area contributed by atoms with Crippen molar-refractivity contribution in [2.75, 3.05) is 19.1 Å². The molecule has 0 aliphatic carbocycles. The first kappa shape index (κ1) is 48.0. The van der Waals surface area contributed by atoms with Crippen molar-refractivity contribution in [1.29, 1.82) is 0 Å². The zero-order valence-corrected chi connectivity index (χ0v) is 20.0. The van der Waals surface area contributed by atoms with Crippen molar-refractivity contribution in [2.24, 2.45) is 0 Å². The number of ether oxygens (including phenoxy) is 1. The second kappa shape index (κ2) is 20.1. The smallest absolute Gasteiger partial charge is 0.332 e. The van der Waals surface area contributed by atoms with Gasteiger partial charge in [0.1, 0.15) is 12.8 Å². The molecule has 0 saturated carbocycles. The molecular formula is C22H58O6Si3. The molecule has 9 heteroatoms. The molecule has 0 radical (unpaired) electrons. The Morgan fingerprint density at radius 1 is 0.710 bits per heavy atom. The summed E-state index contributed by atoms with van der Waals surface area (Å²) >= 11 is 0. The Balaban J connectivity index is -0.000000192. The van der Waals surface area contributed by atoms with E-state index in [1.807, 2.05) is 33.1 Å². The van der Waals surface area contributed by atoms with E-state index >= 15 is 0 Å². The minimum Gasteiger partial charge on any atom is -0.463 e. The van der Waals surface area contributed by atoms with Gasteiger partial charge in [0.15, 0.2) is 0 Å². The number of hydrogen-bond acceptors (Lipinski definition) is 6. The fourth-order valence-corrected chi connectivity index (χ4v) is 14.6. The largest absolute Gasteiger partial charge is 0.463 e. The van der Waals surface area contributed by atoms with Crippen molar-refractivity contribution in [2.45, 2.75) is 97.7 Å². The van der Waals surface area contributed by atoms with Crippen molar-refractivity contribution in [1.82, 2.24) is 0 Å². The summed E-state index contributed by atoms with van der Waals surface area (Å²) < 4.78 is 17.9. The molecule has 0 aromatic rings. The van der Waals surface area contributed by atoms with E-state index in [9.17, 15) is 4.79 Å². The molecule has 6 nitrogen and oxygen atoms in total. The molecule has 0 spiro atoms. The monoisotopic (exact) mass is 502 g/mol.